The number of ether oxygens (including phenoxy) is 3. The number of carbonyl (C=O) groups is 1. The van der Waals surface area contributed by atoms with Gasteiger partial charge in [-0.25, -0.2) is 19.2 Å². The van der Waals surface area contributed by atoms with E-state index >= 15 is 0 Å². The van der Waals surface area contributed by atoms with E-state index in [9.17, 15) is 14.3 Å². The van der Waals surface area contributed by atoms with Gasteiger partial charge in [0.2, 0.25) is 5.88 Å². The van der Waals surface area contributed by atoms with Crippen LogP contribution in [0.3, 0.4) is 0 Å². The van der Waals surface area contributed by atoms with Crippen LogP contribution >= 0.6 is 0 Å². The number of imidazole rings is 1. The van der Waals surface area contributed by atoms with E-state index in [1.54, 1.807) is 42.6 Å². The van der Waals surface area contributed by atoms with Gasteiger partial charge in [0, 0.05) is 36.8 Å². The molecule has 5 heterocycles. The average Bonchev–Trinajstić information content (AvgIpc) is 3.30. The van der Waals surface area contributed by atoms with Crippen LogP contribution < -0.4 is 4.74 Å². The Hall–Kier alpha value is -4.67. The van der Waals surface area contributed by atoms with Crippen molar-refractivity contribution in [2.24, 2.45) is 0 Å². The van der Waals surface area contributed by atoms with Crippen LogP contribution in [0.5, 0.6) is 5.88 Å². The molecule has 7 rings (SSSR count). The number of carboxylic acids is 1. The number of fused-ring (bicyclic) bond motifs is 1. The standard InChI is InChI=1S/C33H29FN4O5/c34-26-13-21(24-17-41-18-24)5-6-23(26)19-43-32-3-1-2-28(37-32)27-8-4-20(15-35-27)12-31-36-29-9-7-22(33(39)40)14-30(29)38(31)16-25-10-11-42-25/h1-9,13-15,24-25H,10-12,16-19H2,(H,39,40)/t25-/m0/s1. The first-order valence-electron chi connectivity index (χ1n) is 14.3. The second-order valence-electron chi connectivity index (χ2n) is 10.9. The van der Waals surface area contributed by atoms with Gasteiger partial charge in [0.25, 0.3) is 0 Å². The Bertz CT molecular complexity index is 1800. The molecule has 0 spiro atoms. The van der Waals surface area contributed by atoms with Crippen molar-refractivity contribution < 1.29 is 28.5 Å². The van der Waals surface area contributed by atoms with Gasteiger partial charge in [0.15, 0.2) is 0 Å². The molecule has 1 atom stereocenters. The molecule has 0 saturated carbocycles. The number of rotatable bonds is 10. The van der Waals surface area contributed by atoms with Crippen molar-refractivity contribution in [3.63, 3.8) is 0 Å². The molecule has 0 aliphatic carbocycles. The number of hydrogen-bond donors (Lipinski definition) is 1. The first kappa shape index (κ1) is 27.2. The highest BCUT2D eigenvalue weighted by Crippen LogP contribution is 2.27. The molecular formula is C33H29FN4O5. The predicted octanol–water partition coefficient (Wildman–Crippen LogP) is 5.40. The van der Waals surface area contributed by atoms with Crippen molar-refractivity contribution in [3.8, 4) is 17.3 Å². The monoisotopic (exact) mass is 580 g/mol. The van der Waals surface area contributed by atoms with Crippen LogP contribution in [-0.4, -0.2) is 56.5 Å². The van der Waals surface area contributed by atoms with Gasteiger partial charge in [-0.2, -0.15) is 0 Å². The minimum Gasteiger partial charge on any atom is -0.478 e. The summed E-state index contributed by atoms with van der Waals surface area (Å²) in [5, 5.41) is 9.49. The molecule has 5 aromatic rings. The summed E-state index contributed by atoms with van der Waals surface area (Å²) in [6.45, 7) is 2.68. The summed E-state index contributed by atoms with van der Waals surface area (Å²) < 4.78 is 33.4. The number of aromatic nitrogens is 4. The van der Waals surface area contributed by atoms with Gasteiger partial charge in [0.1, 0.15) is 18.2 Å². The zero-order valence-corrected chi connectivity index (χ0v) is 23.3. The maximum absolute atomic E-state index is 14.6. The lowest BCUT2D eigenvalue weighted by molar-refractivity contribution is -0.0589. The third-order valence-corrected chi connectivity index (χ3v) is 7.99. The van der Waals surface area contributed by atoms with Crippen LogP contribution in [0.2, 0.25) is 0 Å². The molecular weight excluding hydrogens is 551 g/mol. The first-order chi connectivity index (χ1) is 21.0. The fraction of sp³-hybridized carbons (Fsp3) is 0.273. The van der Waals surface area contributed by atoms with E-state index in [-0.39, 0.29) is 30.0 Å². The Morgan fingerprint density at radius 1 is 1.05 bits per heavy atom. The summed E-state index contributed by atoms with van der Waals surface area (Å²) in [5.74, 6) is 0.190. The Morgan fingerprint density at radius 3 is 2.63 bits per heavy atom. The van der Waals surface area contributed by atoms with E-state index in [0.29, 0.717) is 49.0 Å². The molecule has 2 aliphatic heterocycles. The smallest absolute Gasteiger partial charge is 0.335 e. The zero-order chi connectivity index (χ0) is 29.3. The minimum absolute atomic E-state index is 0.0664. The fourth-order valence-corrected chi connectivity index (χ4v) is 5.29. The molecule has 9 nitrogen and oxygen atoms in total. The van der Waals surface area contributed by atoms with Crippen molar-refractivity contribution in [3.05, 3.63) is 107 Å². The molecule has 43 heavy (non-hydrogen) atoms. The molecule has 1 N–H and O–H groups in total. The highest BCUT2D eigenvalue weighted by molar-refractivity contribution is 5.92. The quantitative estimate of drug-likeness (QED) is 0.234. The number of carboxylic acid groups (broad SMARTS) is 1. The highest BCUT2D eigenvalue weighted by Gasteiger charge is 2.23. The van der Waals surface area contributed by atoms with Gasteiger partial charge in [-0.05, 0) is 53.9 Å². The molecule has 0 bridgehead atoms. The fourth-order valence-electron chi connectivity index (χ4n) is 5.29. The van der Waals surface area contributed by atoms with Crippen molar-refractivity contribution in [2.75, 3.05) is 19.8 Å². The van der Waals surface area contributed by atoms with E-state index in [1.807, 2.05) is 30.3 Å². The van der Waals surface area contributed by atoms with E-state index in [1.165, 1.54) is 0 Å². The molecule has 10 heteroatoms. The van der Waals surface area contributed by atoms with Gasteiger partial charge >= 0.3 is 5.97 Å². The SMILES string of the molecule is O=C(O)c1ccc2nc(Cc3ccc(-c4cccc(OCc5ccc(C6COC6)cc5F)n4)nc3)n(C[C@@H]3CCO3)c2c1. The highest BCUT2D eigenvalue weighted by atomic mass is 19.1. The maximum atomic E-state index is 14.6. The van der Waals surface area contributed by atoms with Crippen LogP contribution in [0, 0.1) is 5.82 Å². The van der Waals surface area contributed by atoms with Crippen LogP contribution in [0.25, 0.3) is 22.4 Å². The second-order valence-corrected chi connectivity index (χ2v) is 10.9. The lowest BCUT2D eigenvalue weighted by atomic mass is 9.96. The largest absolute Gasteiger partial charge is 0.478 e. The second kappa shape index (κ2) is 11.5. The number of benzene rings is 2. The molecule has 2 saturated heterocycles. The van der Waals surface area contributed by atoms with E-state index < -0.39 is 5.97 Å². The number of hydrogen-bond acceptors (Lipinski definition) is 7. The molecule has 0 amide bonds. The van der Waals surface area contributed by atoms with Crippen molar-refractivity contribution in [1.29, 1.82) is 0 Å². The number of halogens is 1. The predicted molar refractivity (Wildman–Crippen MR) is 156 cm³/mol. The Balaban J connectivity index is 1.06. The third-order valence-electron chi connectivity index (χ3n) is 7.99. The number of aromatic carboxylic acids is 1. The normalized spacial score (nSPS) is 16.5. The van der Waals surface area contributed by atoms with Crippen LogP contribution in [0.4, 0.5) is 4.39 Å². The maximum Gasteiger partial charge on any atom is 0.335 e. The summed E-state index contributed by atoms with van der Waals surface area (Å²) in [7, 11) is 0. The summed E-state index contributed by atoms with van der Waals surface area (Å²) in [4.78, 5) is 25.6. The van der Waals surface area contributed by atoms with Gasteiger partial charge < -0.3 is 23.9 Å². The van der Waals surface area contributed by atoms with E-state index in [0.717, 1.165) is 41.0 Å². The van der Waals surface area contributed by atoms with Crippen molar-refractivity contribution >= 4 is 17.0 Å². The van der Waals surface area contributed by atoms with Crippen molar-refractivity contribution in [2.45, 2.75) is 38.0 Å². The third kappa shape index (κ3) is 5.71. The van der Waals surface area contributed by atoms with E-state index in [4.69, 9.17) is 19.2 Å². The molecule has 0 radical (unpaired) electrons. The Kier molecular flexibility index (Phi) is 7.30. The lowest BCUT2D eigenvalue weighted by Crippen LogP contribution is -2.31. The van der Waals surface area contributed by atoms with Crippen molar-refractivity contribution in [1.82, 2.24) is 19.5 Å². The number of pyridine rings is 2. The van der Waals surface area contributed by atoms with Gasteiger partial charge in [0.05, 0.1) is 53.8 Å². The van der Waals surface area contributed by atoms with Gasteiger partial charge in [-0.1, -0.05) is 24.3 Å². The molecule has 3 aromatic heterocycles. The van der Waals surface area contributed by atoms with Crippen LogP contribution in [0.15, 0.2) is 72.9 Å². The summed E-state index contributed by atoms with van der Waals surface area (Å²) in [6, 6.07) is 19.5. The van der Waals surface area contributed by atoms with Crippen LogP contribution in [-0.2, 0) is 29.0 Å². The van der Waals surface area contributed by atoms with E-state index in [2.05, 4.69) is 14.5 Å². The molecule has 0 unspecified atom stereocenters. The lowest BCUT2D eigenvalue weighted by Gasteiger charge is -2.27. The zero-order valence-electron chi connectivity index (χ0n) is 23.3. The summed E-state index contributed by atoms with van der Waals surface area (Å²) >= 11 is 0. The van der Waals surface area contributed by atoms with Gasteiger partial charge in [-0.3, -0.25) is 4.98 Å². The van der Waals surface area contributed by atoms with Crippen LogP contribution in [0.1, 0.15) is 45.2 Å². The molecule has 218 valence electrons. The summed E-state index contributed by atoms with van der Waals surface area (Å²) in [5.41, 5.74) is 5.42. The molecule has 2 aliphatic rings. The summed E-state index contributed by atoms with van der Waals surface area (Å²) in [6.07, 6.45) is 3.36. The Labute approximate surface area is 246 Å². The molecule has 2 fully saturated rings. The topological polar surface area (TPSA) is 109 Å². The number of nitrogens with zero attached hydrogens (tertiary/aromatic N) is 4. The van der Waals surface area contributed by atoms with Gasteiger partial charge in [-0.15, -0.1) is 0 Å². The first-order valence-corrected chi connectivity index (χ1v) is 14.3. The minimum atomic E-state index is -0.972. The Morgan fingerprint density at radius 2 is 1.93 bits per heavy atom. The average molecular weight is 581 g/mol. The molecule has 2 aromatic carbocycles.